The number of benzene rings is 2. The first-order valence-electron chi connectivity index (χ1n) is 8.84. The van der Waals surface area contributed by atoms with Crippen LogP contribution in [0.2, 0.25) is 5.02 Å². The van der Waals surface area contributed by atoms with E-state index in [1.807, 2.05) is 32.0 Å². The second-order valence-electron chi connectivity index (χ2n) is 6.90. The third kappa shape index (κ3) is 3.43. The van der Waals surface area contributed by atoms with E-state index in [2.05, 4.69) is 10.6 Å². The van der Waals surface area contributed by atoms with Gasteiger partial charge in [-0.05, 0) is 50.5 Å². The molecule has 0 saturated heterocycles. The van der Waals surface area contributed by atoms with Crippen molar-refractivity contribution in [2.75, 3.05) is 5.32 Å². The third-order valence-corrected chi connectivity index (χ3v) is 5.06. The largest absolute Gasteiger partial charge is 0.450 e. The van der Waals surface area contributed by atoms with Gasteiger partial charge in [0.1, 0.15) is 5.58 Å². The Bertz CT molecular complexity index is 1070. The lowest BCUT2D eigenvalue weighted by Crippen LogP contribution is -2.25. The van der Waals surface area contributed by atoms with E-state index < -0.39 is 0 Å². The van der Waals surface area contributed by atoms with Crippen LogP contribution in [0, 0.1) is 13.8 Å². The summed E-state index contributed by atoms with van der Waals surface area (Å²) in [5.41, 5.74) is 3.38. The van der Waals surface area contributed by atoms with Crippen LogP contribution in [0.1, 0.15) is 44.9 Å². The minimum Gasteiger partial charge on any atom is -0.450 e. The number of furan rings is 1. The Balaban J connectivity index is 1.56. The number of halogens is 1. The lowest BCUT2D eigenvalue weighted by Gasteiger charge is -2.08. The van der Waals surface area contributed by atoms with E-state index in [0.29, 0.717) is 21.9 Å². The summed E-state index contributed by atoms with van der Waals surface area (Å²) in [6.07, 6.45) is 2.02. The van der Waals surface area contributed by atoms with Gasteiger partial charge in [-0.25, -0.2) is 0 Å². The molecule has 0 atom stereocenters. The van der Waals surface area contributed by atoms with Crippen LogP contribution >= 0.6 is 11.6 Å². The molecule has 1 heterocycles. The molecule has 0 radical (unpaired) electrons. The molecule has 1 fully saturated rings. The van der Waals surface area contributed by atoms with E-state index in [0.717, 1.165) is 29.4 Å². The zero-order valence-corrected chi connectivity index (χ0v) is 15.8. The van der Waals surface area contributed by atoms with E-state index in [1.165, 1.54) is 0 Å². The molecule has 5 nitrogen and oxygen atoms in total. The van der Waals surface area contributed by atoms with E-state index in [4.69, 9.17) is 16.0 Å². The summed E-state index contributed by atoms with van der Waals surface area (Å²) in [4.78, 5) is 24.8. The van der Waals surface area contributed by atoms with Gasteiger partial charge in [-0.1, -0.05) is 29.8 Å². The molecule has 4 rings (SSSR count). The fraction of sp³-hybridized carbons (Fsp3) is 0.238. The number of carbonyl (C=O) groups excluding carboxylic acids is 2. The summed E-state index contributed by atoms with van der Waals surface area (Å²) in [6.45, 7) is 3.80. The normalized spacial score (nSPS) is 13.6. The average Bonchev–Trinajstić information content (AvgIpc) is 3.37. The highest BCUT2D eigenvalue weighted by molar-refractivity contribution is 6.34. The standard InChI is InChI=1S/C21H19ClN2O3/c1-11-4-3-5-15-12(2)19(27-18(11)15)21(26)24-14-8-9-16(17(22)10-14)20(25)23-13-6-7-13/h3-5,8-10,13H,6-7H2,1-2H3,(H,23,25)(H,24,26). The van der Waals surface area contributed by atoms with E-state index in [9.17, 15) is 9.59 Å². The summed E-state index contributed by atoms with van der Waals surface area (Å²) in [6, 6.07) is 10.9. The first kappa shape index (κ1) is 17.6. The molecular formula is C21H19ClN2O3. The highest BCUT2D eigenvalue weighted by Gasteiger charge is 2.25. The second kappa shape index (κ2) is 6.74. The molecule has 27 heavy (non-hydrogen) atoms. The molecule has 0 aliphatic heterocycles. The molecule has 0 spiro atoms. The summed E-state index contributed by atoms with van der Waals surface area (Å²) < 4.78 is 5.80. The summed E-state index contributed by atoms with van der Waals surface area (Å²) >= 11 is 6.24. The zero-order chi connectivity index (χ0) is 19.1. The van der Waals surface area contributed by atoms with Crippen LogP contribution in [0.3, 0.4) is 0 Å². The Morgan fingerprint density at radius 3 is 2.56 bits per heavy atom. The number of fused-ring (bicyclic) bond motifs is 1. The molecule has 1 aromatic heterocycles. The summed E-state index contributed by atoms with van der Waals surface area (Å²) in [5.74, 6) is -0.274. The van der Waals surface area contributed by atoms with Gasteiger partial charge in [0.05, 0.1) is 10.6 Å². The molecule has 1 aliphatic carbocycles. The zero-order valence-electron chi connectivity index (χ0n) is 15.1. The van der Waals surface area contributed by atoms with Gasteiger partial charge in [0.15, 0.2) is 5.76 Å². The highest BCUT2D eigenvalue weighted by atomic mass is 35.5. The molecular weight excluding hydrogens is 364 g/mol. The van der Waals surface area contributed by atoms with Crippen LogP contribution in [0.25, 0.3) is 11.0 Å². The van der Waals surface area contributed by atoms with Gasteiger partial charge < -0.3 is 15.1 Å². The maximum absolute atomic E-state index is 12.7. The van der Waals surface area contributed by atoms with E-state index in [1.54, 1.807) is 18.2 Å². The monoisotopic (exact) mass is 382 g/mol. The maximum Gasteiger partial charge on any atom is 0.291 e. The molecule has 0 unspecified atom stereocenters. The molecule has 2 amide bonds. The van der Waals surface area contributed by atoms with Gasteiger partial charge in [-0.2, -0.15) is 0 Å². The van der Waals surface area contributed by atoms with Gasteiger partial charge in [0.25, 0.3) is 11.8 Å². The first-order valence-corrected chi connectivity index (χ1v) is 9.22. The van der Waals surface area contributed by atoms with Crippen molar-refractivity contribution < 1.29 is 14.0 Å². The van der Waals surface area contributed by atoms with Crippen molar-refractivity contribution in [3.05, 3.63) is 63.9 Å². The van der Waals surface area contributed by atoms with Gasteiger partial charge in [0.2, 0.25) is 0 Å². The van der Waals surface area contributed by atoms with E-state index in [-0.39, 0.29) is 23.6 Å². The topological polar surface area (TPSA) is 71.3 Å². The minimum absolute atomic E-state index is 0.191. The molecule has 138 valence electrons. The van der Waals surface area contributed by atoms with Crippen molar-refractivity contribution in [1.29, 1.82) is 0 Å². The molecule has 6 heteroatoms. The van der Waals surface area contributed by atoms with Crippen molar-refractivity contribution in [1.82, 2.24) is 5.32 Å². The van der Waals surface area contributed by atoms with Gasteiger partial charge >= 0.3 is 0 Å². The molecule has 2 N–H and O–H groups in total. The quantitative estimate of drug-likeness (QED) is 0.677. The van der Waals surface area contributed by atoms with Crippen LogP contribution in [0.15, 0.2) is 40.8 Å². The number of carbonyl (C=O) groups is 2. The van der Waals surface area contributed by atoms with Crippen LogP contribution in [0.5, 0.6) is 0 Å². The van der Waals surface area contributed by atoms with Crippen LogP contribution in [0.4, 0.5) is 5.69 Å². The van der Waals surface area contributed by atoms with Crippen molar-refractivity contribution in [3.8, 4) is 0 Å². The molecule has 2 aromatic carbocycles. The number of hydrogen-bond acceptors (Lipinski definition) is 3. The van der Waals surface area contributed by atoms with Gasteiger partial charge in [-0.15, -0.1) is 0 Å². The molecule has 1 aliphatic rings. The third-order valence-electron chi connectivity index (χ3n) is 4.75. The molecule has 1 saturated carbocycles. The Morgan fingerprint density at radius 1 is 1.11 bits per heavy atom. The molecule has 3 aromatic rings. The number of para-hydroxylation sites is 1. The Labute approximate surface area is 161 Å². The van der Waals surface area contributed by atoms with Crippen molar-refractivity contribution in [2.24, 2.45) is 0 Å². The number of aryl methyl sites for hydroxylation is 2. The minimum atomic E-state index is -0.352. The Hall–Kier alpha value is -2.79. The number of nitrogens with one attached hydrogen (secondary N) is 2. The number of amides is 2. The maximum atomic E-state index is 12.7. The Morgan fingerprint density at radius 2 is 1.89 bits per heavy atom. The number of rotatable bonds is 4. The highest BCUT2D eigenvalue weighted by Crippen LogP contribution is 2.29. The smallest absolute Gasteiger partial charge is 0.291 e. The molecule has 0 bridgehead atoms. The SMILES string of the molecule is Cc1c(C(=O)Nc2ccc(C(=O)NC3CC3)c(Cl)c2)oc2c(C)cccc12. The Kier molecular flexibility index (Phi) is 4.40. The van der Waals surface area contributed by atoms with Crippen molar-refractivity contribution >= 4 is 40.1 Å². The average molecular weight is 383 g/mol. The predicted molar refractivity (Wildman–Crippen MR) is 106 cm³/mol. The van der Waals surface area contributed by atoms with Crippen LogP contribution in [-0.2, 0) is 0 Å². The van der Waals surface area contributed by atoms with Crippen LogP contribution in [-0.4, -0.2) is 17.9 Å². The van der Waals surface area contributed by atoms with Crippen LogP contribution < -0.4 is 10.6 Å². The lowest BCUT2D eigenvalue weighted by atomic mass is 10.1. The summed E-state index contributed by atoms with van der Waals surface area (Å²) in [5, 5.41) is 6.91. The van der Waals surface area contributed by atoms with Gasteiger partial charge in [0, 0.05) is 22.7 Å². The van der Waals surface area contributed by atoms with Gasteiger partial charge in [-0.3, -0.25) is 9.59 Å². The predicted octanol–water partition coefficient (Wildman–Crippen LogP) is 4.85. The fourth-order valence-corrected chi connectivity index (χ4v) is 3.32. The van der Waals surface area contributed by atoms with Crippen molar-refractivity contribution in [3.63, 3.8) is 0 Å². The van der Waals surface area contributed by atoms with Crippen molar-refractivity contribution in [2.45, 2.75) is 32.7 Å². The number of hydrogen-bond donors (Lipinski definition) is 2. The first-order chi connectivity index (χ1) is 12.9. The summed E-state index contributed by atoms with van der Waals surface area (Å²) in [7, 11) is 0. The second-order valence-corrected chi connectivity index (χ2v) is 7.31. The lowest BCUT2D eigenvalue weighted by molar-refractivity contribution is 0.0950. The number of anilines is 1. The fourth-order valence-electron chi connectivity index (χ4n) is 3.06. The van der Waals surface area contributed by atoms with E-state index >= 15 is 0 Å².